The Labute approximate surface area is 213 Å². The van der Waals surface area contributed by atoms with Crippen molar-refractivity contribution in [2.24, 2.45) is 0 Å². The largest absolute Gasteiger partial charge is 0.423 e. The zero-order valence-corrected chi connectivity index (χ0v) is 20.0. The summed E-state index contributed by atoms with van der Waals surface area (Å²) >= 11 is 0.787. The molecule has 0 unspecified atom stereocenters. The predicted octanol–water partition coefficient (Wildman–Crippen LogP) is 5.27. The lowest BCUT2D eigenvalue weighted by Crippen LogP contribution is -2.27. The third-order valence-electron chi connectivity index (χ3n) is 5.26. The summed E-state index contributed by atoms with van der Waals surface area (Å²) < 4.78 is 5.25. The van der Waals surface area contributed by atoms with Crippen molar-refractivity contribution in [3.8, 4) is 5.75 Å². The van der Waals surface area contributed by atoms with E-state index in [1.807, 2.05) is 31.2 Å². The molecule has 1 saturated heterocycles. The lowest BCUT2D eigenvalue weighted by atomic mass is 10.1. The molecule has 11 nitrogen and oxygen atoms in total. The molecule has 0 spiro atoms. The fourth-order valence-corrected chi connectivity index (χ4v) is 4.26. The van der Waals surface area contributed by atoms with E-state index in [0.29, 0.717) is 5.56 Å². The number of benzene rings is 3. The molecule has 186 valence electrons. The minimum atomic E-state index is -1.04. The summed E-state index contributed by atoms with van der Waals surface area (Å²) in [5, 5.41) is 21.7. The molecule has 0 N–H and O–H groups in total. The van der Waals surface area contributed by atoms with Crippen LogP contribution in [-0.2, 0) is 11.3 Å². The highest BCUT2D eigenvalue weighted by atomic mass is 32.2. The van der Waals surface area contributed by atoms with Crippen LogP contribution in [0.25, 0.3) is 6.08 Å². The Balaban J connectivity index is 1.52. The van der Waals surface area contributed by atoms with Crippen LogP contribution in [0.1, 0.15) is 27.0 Å². The number of carbonyl (C=O) groups is 3. The Morgan fingerprint density at radius 1 is 0.973 bits per heavy atom. The van der Waals surface area contributed by atoms with Gasteiger partial charge in [-0.3, -0.25) is 34.7 Å². The van der Waals surface area contributed by atoms with E-state index in [2.05, 4.69) is 0 Å². The van der Waals surface area contributed by atoms with Crippen LogP contribution in [0.3, 0.4) is 0 Å². The lowest BCUT2D eigenvalue weighted by molar-refractivity contribution is -0.394. The van der Waals surface area contributed by atoms with E-state index in [4.69, 9.17) is 4.74 Å². The molecule has 12 heteroatoms. The first-order chi connectivity index (χ1) is 17.6. The Kier molecular flexibility index (Phi) is 7.11. The minimum absolute atomic E-state index is 0.0341. The zero-order chi connectivity index (χ0) is 26.7. The van der Waals surface area contributed by atoms with Crippen molar-refractivity contribution in [3.63, 3.8) is 0 Å². The number of ether oxygens (including phenoxy) is 1. The Morgan fingerprint density at radius 3 is 2.24 bits per heavy atom. The molecule has 1 aliphatic heterocycles. The molecule has 0 aliphatic carbocycles. The van der Waals surface area contributed by atoms with Crippen LogP contribution < -0.4 is 4.74 Å². The number of nitrogens with zero attached hydrogens (tertiary/aromatic N) is 3. The molecular formula is C25H17N3O8S. The van der Waals surface area contributed by atoms with Crippen LogP contribution in [0.5, 0.6) is 5.75 Å². The highest BCUT2D eigenvalue weighted by Crippen LogP contribution is 2.34. The molecule has 3 aromatic rings. The van der Waals surface area contributed by atoms with E-state index in [-0.39, 0.29) is 22.8 Å². The van der Waals surface area contributed by atoms with Gasteiger partial charge in [0.1, 0.15) is 5.75 Å². The number of rotatable bonds is 7. The SMILES string of the molecule is Cc1ccc(CN2C(=O)S/C(=C\c3cccc(OC(=O)c4cc([N+](=O)[O-])cc([N+](=O)[O-])c4)c3)C2=O)cc1. The molecule has 1 fully saturated rings. The van der Waals surface area contributed by atoms with Gasteiger partial charge in [0, 0.05) is 12.1 Å². The number of hydrogen-bond donors (Lipinski definition) is 0. The molecule has 0 bridgehead atoms. The number of thioether (sulfide) groups is 1. The Morgan fingerprint density at radius 2 is 1.62 bits per heavy atom. The molecule has 1 aliphatic rings. The number of imide groups is 1. The molecule has 0 aromatic heterocycles. The summed E-state index contributed by atoms with van der Waals surface area (Å²) in [5.74, 6) is -1.46. The van der Waals surface area contributed by atoms with Gasteiger partial charge in [-0.2, -0.15) is 0 Å². The normalized spacial score (nSPS) is 14.2. The standard InChI is InChI=1S/C25H17N3O8S/c1-15-5-7-16(8-6-15)14-26-23(29)22(37-25(26)31)10-17-3-2-4-21(9-17)36-24(30)18-11-19(27(32)33)13-20(12-18)28(34)35/h2-13H,14H2,1H3/b22-10-. The topological polar surface area (TPSA) is 150 Å². The molecule has 4 rings (SSSR count). The van der Waals surface area contributed by atoms with Crippen LogP contribution in [-0.4, -0.2) is 31.9 Å². The minimum Gasteiger partial charge on any atom is -0.423 e. The number of amides is 2. The van der Waals surface area contributed by atoms with Gasteiger partial charge in [0.2, 0.25) is 0 Å². The van der Waals surface area contributed by atoms with Gasteiger partial charge in [-0.15, -0.1) is 0 Å². The van der Waals surface area contributed by atoms with E-state index in [0.717, 1.165) is 46.0 Å². The first kappa shape index (κ1) is 25.3. The van der Waals surface area contributed by atoms with Gasteiger partial charge in [-0.25, -0.2) is 4.79 Å². The van der Waals surface area contributed by atoms with Gasteiger partial charge >= 0.3 is 5.97 Å². The summed E-state index contributed by atoms with van der Waals surface area (Å²) in [6.45, 7) is 2.07. The highest BCUT2D eigenvalue weighted by Gasteiger charge is 2.35. The monoisotopic (exact) mass is 519 g/mol. The first-order valence-electron chi connectivity index (χ1n) is 10.7. The third-order valence-corrected chi connectivity index (χ3v) is 6.17. The van der Waals surface area contributed by atoms with Crippen molar-refractivity contribution in [1.29, 1.82) is 0 Å². The van der Waals surface area contributed by atoms with Crippen molar-refractivity contribution in [1.82, 2.24) is 4.90 Å². The van der Waals surface area contributed by atoms with E-state index < -0.39 is 38.3 Å². The molecular weight excluding hydrogens is 502 g/mol. The summed E-state index contributed by atoms with van der Waals surface area (Å²) in [7, 11) is 0. The van der Waals surface area contributed by atoms with Gasteiger partial charge in [0.25, 0.3) is 22.5 Å². The van der Waals surface area contributed by atoms with E-state index in [1.54, 1.807) is 12.1 Å². The van der Waals surface area contributed by atoms with Crippen molar-refractivity contribution in [2.45, 2.75) is 13.5 Å². The molecule has 37 heavy (non-hydrogen) atoms. The lowest BCUT2D eigenvalue weighted by Gasteiger charge is -2.12. The maximum absolute atomic E-state index is 12.8. The molecule has 0 radical (unpaired) electrons. The number of aryl methyl sites for hydroxylation is 1. The molecule has 0 atom stereocenters. The summed E-state index contributed by atoms with van der Waals surface area (Å²) in [4.78, 5) is 59.6. The third kappa shape index (κ3) is 5.87. The van der Waals surface area contributed by atoms with Crippen molar-refractivity contribution in [3.05, 3.63) is 114 Å². The Hall–Kier alpha value is -4.84. The molecule has 3 aromatic carbocycles. The van der Waals surface area contributed by atoms with Gasteiger partial charge in [0.05, 0.1) is 32.9 Å². The fourth-order valence-electron chi connectivity index (χ4n) is 3.42. The number of non-ortho nitro benzene ring substituents is 2. The number of esters is 1. The average Bonchev–Trinajstić information content (AvgIpc) is 3.12. The van der Waals surface area contributed by atoms with Crippen LogP contribution in [0.4, 0.5) is 16.2 Å². The first-order valence-corrected chi connectivity index (χ1v) is 11.5. The van der Waals surface area contributed by atoms with Crippen molar-refractivity contribution in [2.75, 3.05) is 0 Å². The van der Waals surface area contributed by atoms with Gasteiger partial charge < -0.3 is 4.74 Å². The zero-order valence-electron chi connectivity index (χ0n) is 19.2. The number of nitro benzene ring substituents is 2. The smallest absolute Gasteiger partial charge is 0.344 e. The average molecular weight is 519 g/mol. The molecule has 1 heterocycles. The van der Waals surface area contributed by atoms with Crippen LogP contribution in [0.15, 0.2) is 71.6 Å². The molecule has 2 amide bonds. The van der Waals surface area contributed by atoms with E-state index in [9.17, 15) is 34.6 Å². The van der Waals surface area contributed by atoms with Gasteiger partial charge in [-0.05, 0) is 48.0 Å². The predicted molar refractivity (Wildman–Crippen MR) is 134 cm³/mol. The second kappa shape index (κ2) is 10.4. The van der Waals surface area contributed by atoms with Crippen molar-refractivity contribution < 1.29 is 29.0 Å². The maximum Gasteiger partial charge on any atom is 0.344 e. The maximum atomic E-state index is 12.8. The van der Waals surface area contributed by atoms with Crippen LogP contribution in [0, 0.1) is 27.2 Å². The summed E-state index contributed by atoms with van der Waals surface area (Å²) in [6.07, 6.45) is 1.48. The second-order valence-electron chi connectivity index (χ2n) is 7.97. The number of carbonyl (C=O) groups excluding carboxylic acids is 3. The van der Waals surface area contributed by atoms with E-state index in [1.165, 1.54) is 18.2 Å². The van der Waals surface area contributed by atoms with Gasteiger partial charge in [-0.1, -0.05) is 42.0 Å². The summed E-state index contributed by atoms with van der Waals surface area (Å²) in [5.41, 5.74) is 0.693. The van der Waals surface area contributed by atoms with Crippen molar-refractivity contribution >= 4 is 46.3 Å². The highest BCUT2D eigenvalue weighted by molar-refractivity contribution is 8.18. The van der Waals surface area contributed by atoms with Crippen LogP contribution in [0.2, 0.25) is 0 Å². The Bertz CT molecular complexity index is 1450. The second-order valence-corrected chi connectivity index (χ2v) is 8.96. The molecule has 0 saturated carbocycles. The quantitative estimate of drug-likeness (QED) is 0.134. The van der Waals surface area contributed by atoms with Gasteiger partial charge in [0.15, 0.2) is 0 Å². The summed E-state index contributed by atoms with van der Waals surface area (Å²) in [6, 6.07) is 16.0. The fraction of sp³-hybridized carbons (Fsp3) is 0.0800. The van der Waals surface area contributed by atoms with Crippen LogP contribution >= 0.6 is 11.8 Å². The number of hydrogen-bond acceptors (Lipinski definition) is 9. The number of nitro groups is 2. The van der Waals surface area contributed by atoms with E-state index >= 15 is 0 Å².